The van der Waals surface area contributed by atoms with Gasteiger partial charge >= 0.3 is 0 Å². The standard InChI is InChI=1S/C19H22N2O3/c1-14(2)11-12-24-18-9-3-15(4-10-18)13-20-21-19(23)16-5-7-17(22)8-6-16/h3-10,13-14,22H,11-12H2,1-2H3,(H,21,23). The first-order valence-corrected chi connectivity index (χ1v) is 7.90. The summed E-state index contributed by atoms with van der Waals surface area (Å²) in [6.07, 6.45) is 2.59. The van der Waals surface area contributed by atoms with E-state index in [9.17, 15) is 9.90 Å². The third-order valence-corrected chi connectivity index (χ3v) is 3.35. The summed E-state index contributed by atoms with van der Waals surface area (Å²) in [6, 6.07) is 13.5. The fourth-order valence-electron chi connectivity index (χ4n) is 1.91. The van der Waals surface area contributed by atoms with Crippen molar-refractivity contribution in [2.75, 3.05) is 6.61 Å². The quantitative estimate of drug-likeness (QED) is 0.603. The topological polar surface area (TPSA) is 70.9 Å². The van der Waals surface area contributed by atoms with Gasteiger partial charge in [0.1, 0.15) is 11.5 Å². The molecule has 0 radical (unpaired) electrons. The molecule has 2 N–H and O–H groups in total. The smallest absolute Gasteiger partial charge is 0.271 e. The van der Waals surface area contributed by atoms with Gasteiger partial charge in [-0.1, -0.05) is 13.8 Å². The van der Waals surface area contributed by atoms with Crippen LogP contribution in [0.25, 0.3) is 0 Å². The highest BCUT2D eigenvalue weighted by atomic mass is 16.5. The number of hydrogen-bond acceptors (Lipinski definition) is 4. The number of hydrogen-bond donors (Lipinski definition) is 2. The average Bonchev–Trinajstić information content (AvgIpc) is 2.56. The van der Waals surface area contributed by atoms with Gasteiger partial charge in [0, 0.05) is 5.56 Å². The molecular weight excluding hydrogens is 304 g/mol. The summed E-state index contributed by atoms with van der Waals surface area (Å²) < 4.78 is 5.65. The number of carbonyl (C=O) groups excluding carboxylic acids is 1. The molecule has 0 aliphatic rings. The number of phenols is 1. The van der Waals surface area contributed by atoms with Gasteiger partial charge in [-0.25, -0.2) is 5.43 Å². The Bertz CT molecular complexity index is 677. The molecule has 0 bridgehead atoms. The number of amides is 1. The number of phenolic OH excluding ortho intramolecular Hbond substituents is 1. The van der Waals surface area contributed by atoms with Gasteiger partial charge in [-0.15, -0.1) is 0 Å². The van der Waals surface area contributed by atoms with Crippen LogP contribution in [0.3, 0.4) is 0 Å². The van der Waals surface area contributed by atoms with E-state index in [0.717, 1.165) is 17.7 Å². The molecule has 2 aromatic carbocycles. The highest BCUT2D eigenvalue weighted by Crippen LogP contribution is 2.12. The summed E-state index contributed by atoms with van der Waals surface area (Å²) in [4.78, 5) is 11.8. The van der Waals surface area contributed by atoms with E-state index in [1.54, 1.807) is 6.21 Å². The van der Waals surface area contributed by atoms with E-state index in [4.69, 9.17) is 4.74 Å². The van der Waals surface area contributed by atoms with Crippen LogP contribution in [0.5, 0.6) is 11.5 Å². The van der Waals surface area contributed by atoms with Crippen LogP contribution in [-0.4, -0.2) is 23.8 Å². The van der Waals surface area contributed by atoms with Crippen LogP contribution in [0.15, 0.2) is 53.6 Å². The molecule has 0 atom stereocenters. The zero-order valence-corrected chi connectivity index (χ0v) is 13.9. The van der Waals surface area contributed by atoms with Gasteiger partial charge in [-0.05, 0) is 66.4 Å². The summed E-state index contributed by atoms with van der Waals surface area (Å²) in [5.41, 5.74) is 3.73. The van der Waals surface area contributed by atoms with Gasteiger partial charge in [0.2, 0.25) is 0 Å². The van der Waals surface area contributed by atoms with Crippen LogP contribution < -0.4 is 10.2 Å². The molecule has 0 aromatic heterocycles. The molecule has 1 amide bonds. The predicted octanol–water partition coefficient (Wildman–Crippen LogP) is 3.58. The molecule has 126 valence electrons. The SMILES string of the molecule is CC(C)CCOc1ccc(C=NNC(=O)c2ccc(O)cc2)cc1. The molecule has 0 unspecified atom stereocenters. The maximum atomic E-state index is 11.8. The van der Waals surface area contributed by atoms with Crippen LogP contribution in [0.1, 0.15) is 36.2 Å². The van der Waals surface area contributed by atoms with Crippen molar-refractivity contribution in [2.24, 2.45) is 11.0 Å². The third-order valence-electron chi connectivity index (χ3n) is 3.35. The number of nitrogens with one attached hydrogen (secondary N) is 1. The highest BCUT2D eigenvalue weighted by Gasteiger charge is 2.03. The van der Waals surface area contributed by atoms with Crippen molar-refractivity contribution in [3.63, 3.8) is 0 Å². The first-order chi connectivity index (χ1) is 11.5. The maximum absolute atomic E-state index is 11.8. The molecule has 0 saturated heterocycles. The van der Waals surface area contributed by atoms with Crippen LogP contribution in [0, 0.1) is 5.92 Å². The molecule has 5 nitrogen and oxygen atoms in total. The Hall–Kier alpha value is -2.82. The van der Waals surface area contributed by atoms with Gasteiger partial charge in [0.15, 0.2) is 0 Å². The number of nitrogens with zero attached hydrogens (tertiary/aromatic N) is 1. The molecule has 0 heterocycles. The van der Waals surface area contributed by atoms with Crippen LogP contribution >= 0.6 is 0 Å². The lowest BCUT2D eigenvalue weighted by Gasteiger charge is -2.07. The van der Waals surface area contributed by atoms with Crippen molar-refractivity contribution < 1.29 is 14.6 Å². The number of hydrazone groups is 1. The van der Waals surface area contributed by atoms with Crippen LogP contribution in [0.2, 0.25) is 0 Å². The zero-order chi connectivity index (χ0) is 17.4. The monoisotopic (exact) mass is 326 g/mol. The van der Waals surface area contributed by atoms with Gasteiger partial charge in [0.05, 0.1) is 12.8 Å². The molecule has 0 saturated carbocycles. The van der Waals surface area contributed by atoms with E-state index in [2.05, 4.69) is 24.4 Å². The predicted molar refractivity (Wildman–Crippen MR) is 94.6 cm³/mol. The number of benzene rings is 2. The first kappa shape index (κ1) is 17.5. The number of ether oxygens (including phenoxy) is 1. The fourth-order valence-corrected chi connectivity index (χ4v) is 1.91. The van der Waals surface area contributed by atoms with Gasteiger partial charge in [-0.2, -0.15) is 5.10 Å². The summed E-state index contributed by atoms with van der Waals surface area (Å²) in [5, 5.41) is 13.1. The molecule has 2 aromatic rings. The molecular formula is C19H22N2O3. The molecule has 0 aliphatic carbocycles. The Kier molecular flexibility index (Phi) is 6.37. The molecule has 0 spiro atoms. The van der Waals surface area contributed by atoms with E-state index >= 15 is 0 Å². The number of aromatic hydroxyl groups is 1. The Labute approximate surface area is 142 Å². The third kappa shape index (κ3) is 5.76. The van der Waals surface area contributed by atoms with Crippen molar-refractivity contribution in [3.8, 4) is 11.5 Å². The molecule has 24 heavy (non-hydrogen) atoms. The van der Waals surface area contributed by atoms with Crippen LogP contribution in [0.4, 0.5) is 0 Å². The maximum Gasteiger partial charge on any atom is 0.271 e. The van der Waals surface area contributed by atoms with Gasteiger partial charge in [0.25, 0.3) is 5.91 Å². The normalized spacial score (nSPS) is 11.0. The fraction of sp³-hybridized carbons (Fsp3) is 0.263. The van der Waals surface area contributed by atoms with Crippen LogP contribution in [-0.2, 0) is 0 Å². The minimum Gasteiger partial charge on any atom is -0.508 e. The minimum atomic E-state index is -0.333. The molecule has 2 rings (SSSR count). The summed E-state index contributed by atoms with van der Waals surface area (Å²) >= 11 is 0. The van der Waals surface area contributed by atoms with E-state index in [1.165, 1.54) is 24.3 Å². The Balaban J connectivity index is 1.83. The number of rotatable bonds is 7. The second-order valence-electron chi connectivity index (χ2n) is 5.85. The molecule has 0 fully saturated rings. The van der Waals surface area contributed by atoms with E-state index in [-0.39, 0.29) is 11.7 Å². The Morgan fingerprint density at radius 2 is 1.83 bits per heavy atom. The highest BCUT2D eigenvalue weighted by molar-refractivity contribution is 5.94. The van der Waals surface area contributed by atoms with E-state index < -0.39 is 0 Å². The van der Waals surface area contributed by atoms with Crippen molar-refractivity contribution in [3.05, 3.63) is 59.7 Å². The van der Waals surface area contributed by atoms with Crippen molar-refractivity contribution in [2.45, 2.75) is 20.3 Å². The van der Waals surface area contributed by atoms with Crippen molar-refractivity contribution in [1.29, 1.82) is 0 Å². The zero-order valence-electron chi connectivity index (χ0n) is 13.9. The number of carbonyl (C=O) groups is 1. The first-order valence-electron chi connectivity index (χ1n) is 7.90. The second-order valence-corrected chi connectivity index (χ2v) is 5.85. The Morgan fingerprint density at radius 3 is 2.46 bits per heavy atom. The second kappa shape index (κ2) is 8.72. The minimum absolute atomic E-state index is 0.116. The van der Waals surface area contributed by atoms with Crippen molar-refractivity contribution >= 4 is 12.1 Å². The lowest BCUT2D eigenvalue weighted by Crippen LogP contribution is -2.17. The summed E-state index contributed by atoms with van der Waals surface area (Å²) in [6.45, 7) is 5.03. The van der Waals surface area contributed by atoms with Crippen molar-refractivity contribution in [1.82, 2.24) is 5.43 Å². The summed E-state index contributed by atoms with van der Waals surface area (Å²) in [7, 11) is 0. The van der Waals surface area contributed by atoms with Gasteiger partial charge < -0.3 is 9.84 Å². The molecule has 0 aliphatic heterocycles. The Morgan fingerprint density at radius 1 is 1.17 bits per heavy atom. The summed E-state index contributed by atoms with van der Waals surface area (Å²) in [5.74, 6) is 1.22. The van der Waals surface area contributed by atoms with Gasteiger partial charge in [-0.3, -0.25) is 4.79 Å². The molecule has 5 heteroatoms. The lowest BCUT2D eigenvalue weighted by atomic mass is 10.1. The van der Waals surface area contributed by atoms with E-state index in [1.807, 2.05) is 24.3 Å². The lowest BCUT2D eigenvalue weighted by molar-refractivity contribution is 0.0955. The average molecular weight is 326 g/mol. The van der Waals surface area contributed by atoms with E-state index in [0.29, 0.717) is 18.1 Å². The largest absolute Gasteiger partial charge is 0.508 e.